The van der Waals surface area contributed by atoms with Crippen LogP contribution in [0.3, 0.4) is 0 Å². The van der Waals surface area contributed by atoms with Gasteiger partial charge in [-0.25, -0.2) is 4.68 Å². The normalized spacial score (nSPS) is 10.8. The minimum atomic E-state index is 0.459. The standard InChI is InChI=1S/C14H11Cl2N5/c1-8-13(19-5-4-18-8)14-12(17)7-21(20-14)9-2-3-10(15)11(16)6-9/h2-7H,17H2,1H3. The molecule has 0 fully saturated rings. The third-order valence-electron chi connectivity index (χ3n) is 3.02. The highest BCUT2D eigenvalue weighted by atomic mass is 35.5. The summed E-state index contributed by atoms with van der Waals surface area (Å²) in [6.45, 7) is 1.86. The van der Waals surface area contributed by atoms with Gasteiger partial charge in [-0.1, -0.05) is 23.2 Å². The first-order valence-corrected chi connectivity index (χ1v) is 6.90. The molecule has 2 aromatic heterocycles. The number of nitrogen functional groups attached to an aromatic ring is 1. The van der Waals surface area contributed by atoms with Crippen LogP contribution in [0, 0.1) is 6.92 Å². The van der Waals surface area contributed by atoms with E-state index >= 15 is 0 Å². The summed E-state index contributed by atoms with van der Waals surface area (Å²) < 4.78 is 1.64. The number of aromatic nitrogens is 4. The lowest BCUT2D eigenvalue weighted by atomic mass is 10.2. The predicted octanol–water partition coefficient (Wildman–Crippen LogP) is 3.53. The molecule has 0 amide bonds. The second-order valence-corrected chi connectivity index (χ2v) is 5.28. The highest BCUT2D eigenvalue weighted by Gasteiger charge is 2.14. The summed E-state index contributed by atoms with van der Waals surface area (Å²) in [4.78, 5) is 8.48. The van der Waals surface area contributed by atoms with Gasteiger partial charge in [0.25, 0.3) is 0 Å². The molecule has 0 aliphatic rings. The number of nitrogens with two attached hydrogens (primary N) is 1. The van der Waals surface area contributed by atoms with Crippen LogP contribution in [0.25, 0.3) is 17.1 Å². The molecule has 0 aliphatic heterocycles. The second kappa shape index (κ2) is 5.35. The van der Waals surface area contributed by atoms with Gasteiger partial charge in [-0.2, -0.15) is 5.10 Å². The molecule has 0 saturated heterocycles. The fourth-order valence-electron chi connectivity index (χ4n) is 1.97. The molecule has 7 heteroatoms. The topological polar surface area (TPSA) is 69.6 Å². The fraction of sp³-hybridized carbons (Fsp3) is 0.0714. The number of anilines is 1. The van der Waals surface area contributed by atoms with E-state index in [1.54, 1.807) is 35.4 Å². The lowest BCUT2D eigenvalue weighted by Gasteiger charge is -2.03. The Hall–Kier alpha value is -2.11. The van der Waals surface area contributed by atoms with Gasteiger partial charge >= 0.3 is 0 Å². The zero-order valence-electron chi connectivity index (χ0n) is 11.1. The molecule has 106 valence electrons. The van der Waals surface area contributed by atoms with Gasteiger partial charge in [-0.3, -0.25) is 9.97 Å². The highest BCUT2D eigenvalue weighted by molar-refractivity contribution is 6.42. The van der Waals surface area contributed by atoms with Crippen LogP contribution < -0.4 is 5.73 Å². The summed E-state index contributed by atoms with van der Waals surface area (Å²) in [5.41, 5.74) is 9.34. The Bertz CT molecular complexity index is 813. The molecule has 1 aromatic carbocycles. The van der Waals surface area contributed by atoms with Gasteiger partial charge < -0.3 is 5.73 Å². The molecular weight excluding hydrogens is 309 g/mol. The highest BCUT2D eigenvalue weighted by Crippen LogP contribution is 2.28. The van der Waals surface area contributed by atoms with Crippen molar-refractivity contribution >= 4 is 28.9 Å². The number of aryl methyl sites for hydroxylation is 1. The number of hydrogen-bond donors (Lipinski definition) is 1. The second-order valence-electron chi connectivity index (χ2n) is 4.47. The summed E-state index contributed by atoms with van der Waals surface area (Å²) in [5.74, 6) is 0. The van der Waals surface area contributed by atoms with Crippen molar-refractivity contribution in [3.8, 4) is 17.1 Å². The largest absolute Gasteiger partial charge is 0.396 e. The zero-order chi connectivity index (χ0) is 15.0. The molecule has 0 unspecified atom stereocenters. The van der Waals surface area contributed by atoms with E-state index in [9.17, 15) is 0 Å². The third-order valence-corrected chi connectivity index (χ3v) is 3.75. The number of nitrogens with zero attached hydrogens (tertiary/aromatic N) is 4. The first-order chi connectivity index (χ1) is 10.1. The molecule has 21 heavy (non-hydrogen) atoms. The van der Waals surface area contributed by atoms with Crippen LogP contribution in [0.15, 0.2) is 36.8 Å². The van der Waals surface area contributed by atoms with E-state index < -0.39 is 0 Å². The first kappa shape index (κ1) is 13.9. The molecule has 0 bridgehead atoms. The van der Waals surface area contributed by atoms with Crippen molar-refractivity contribution in [3.63, 3.8) is 0 Å². The Morgan fingerprint density at radius 2 is 1.81 bits per heavy atom. The number of rotatable bonds is 2. The van der Waals surface area contributed by atoms with Crippen molar-refractivity contribution in [1.29, 1.82) is 0 Å². The van der Waals surface area contributed by atoms with Crippen LogP contribution >= 0.6 is 23.2 Å². The smallest absolute Gasteiger partial charge is 0.136 e. The van der Waals surface area contributed by atoms with Crippen molar-refractivity contribution in [2.75, 3.05) is 5.73 Å². The quantitative estimate of drug-likeness (QED) is 0.784. The fourth-order valence-corrected chi connectivity index (χ4v) is 2.26. The zero-order valence-corrected chi connectivity index (χ0v) is 12.6. The summed E-state index contributed by atoms with van der Waals surface area (Å²) in [6.07, 6.45) is 4.95. The van der Waals surface area contributed by atoms with E-state index in [1.807, 2.05) is 13.0 Å². The summed E-state index contributed by atoms with van der Waals surface area (Å²) in [5, 5.41) is 5.42. The lowest BCUT2D eigenvalue weighted by molar-refractivity contribution is 0.880. The van der Waals surface area contributed by atoms with Gasteiger partial charge in [0, 0.05) is 12.4 Å². The summed E-state index contributed by atoms with van der Waals surface area (Å²) in [6, 6.07) is 5.25. The van der Waals surface area contributed by atoms with Crippen molar-refractivity contribution in [2.45, 2.75) is 6.92 Å². The Labute approximate surface area is 131 Å². The van der Waals surface area contributed by atoms with E-state index in [-0.39, 0.29) is 0 Å². The maximum Gasteiger partial charge on any atom is 0.136 e. The maximum atomic E-state index is 6.04. The van der Waals surface area contributed by atoms with Crippen molar-refractivity contribution < 1.29 is 0 Å². The third kappa shape index (κ3) is 2.57. The Morgan fingerprint density at radius 1 is 1.05 bits per heavy atom. The number of halogens is 2. The predicted molar refractivity (Wildman–Crippen MR) is 83.8 cm³/mol. The van der Waals surface area contributed by atoms with Crippen molar-refractivity contribution in [2.24, 2.45) is 0 Å². The maximum absolute atomic E-state index is 6.04. The molecular formula is C14H11Cl2N5. The van der Waals surface area contributed by atoms with Crippen LogP contribution in [0.5, 0.6) is 0 Å². The summed E-state index contributed by atoms with van der Waals surface area (Å²) >= 11 is 11.9. The minimum Gasteiger partial charge on any atom is -0.396 e. The molecule has 0 saturated carbocycles. The Kier molecular flexibility index (Phi) is 3.53. The van der Waals surface area contributed by atoms with Gasteiger partial charge in [0.2, 0.25) is 0 Å². The number of hydrogen-bond acceptors (Lipinski definition) is 4. The van der Waals surface area contributed by atoms with E-state index in [1.165, 1.54) is 0 Å². The molecule has 0 atom stereocenters. The molecule has 0 radical (unpaired) electrons. The molecule has 2 heterocycles. The van der Waals surface area contributed by atoms with Gasteiger partial charge in [0.05, 0.1) is 33.3 Å². The molecule has 0 aliphatic carbocycles. The van der Waals surface area contributed by atoms with Crippen LogP contribution in [-0.4, -0.2) is 19.7 Å². The van der Waals surface area contributed by atoms with E-state index in [2.05, 4.69) is 15.1 Å². The van der Waals surface area contributed by atoms with Gasteiger partial charge in [0.15, 0.2) is 0 Å². The van der Waals surface area contributed by atoms with Crippen LogP contribution in [-0.2, 0) is 0 Å². The van der Waals surface area contributed by atoms with Crippen LogP contribution in [0.4, 0.5) is 5.69 Å². The lowest BCUT2D eigenvalue weighted by Crippen LogP contribution is -1.97. The average Bonchev–Trinajstić information content (AvgIpc) is 2.84. The molecule has 2 N–H and O–H groups in total. The van der Waals surface area contributed by atoms with Gasteiger partial charge in [-0.15, -0.1) is 0 Å². The van der Waals surface area contributed by atoms with E-state index in [4.69, 9.17) is 28.9 Å². The molecule has 5 nitrogen and oxygen atoms in total. The molecule has 0 spiro atoms. The Morgan fingerprint density at radius 3 is 2.52 bits per heavy atom. The molecule has 3 aromatic rings. The Balaban J connectivity index is 2.09. The van der Waals surface area contributed by atoms with Crippen molar-refractivity contribution in [1.82, 2.24) is 19.7 Å². The van der Waals surface area contributed by atoms with E-state index in [0.717, 1.165) is 11.4 Å². The molecule has 3 rings (SSSR count). The van der Waals surface area contributed by atoms with Gasteiger partial charge in [-0.05, 0) is 25.1 Å². The SMILES string of the molecule is Cc1nccnc1-c1nn(-c2ccc(Cl)c(Cl)c2)cc1N. The monoisotopic (exact) mass is 319 g/mol. The van der Waals surface area contributed by atoms with Crippen LogP contribution in [0.2, 0.25) is 10.0 Å². The van der Waals surface area contributed by atoms with Crippen molar-refractivity contribution in [3.05, 3.63) is 52.5 Å². The van der Waals surface area contributed by atoms with E-state index in [0.29, 0.717) is 27.1 Å². The van der Waals surface area contributed by atoms with Gasteiger partial charge in [0.1, 0.15) is 11.4 Å². The average molecular weight is 320 g/mol. The minimum absolute atomic E-state index is 0.459. The van der Waals surface area contributed by atoms with Crippen LogP contribution in [0.1, 0.15) is 5.69 Å². The first-order valence-electron chi connectivity index (χ1n) is 6.15. The number of benzene rings is 1. The summed E-state index contributed by atoms with van der Waals surface area (Å²) in [7, 11) is 0.